The van der Waals surface area contributed by atoms with Crippen LogP contribution in [0.1, 0.15) is 24.2 Å². The largest absolute Gasteiger partial charge is 0.350 e. The van der Waals surface area contributed by atoms with E-state index in [4.69, 9.17) is 0 Å². The highest BCUT2D eigenvalue weighted by Gasteiger charge is 2.14. The lowest BCUT2D eigenvalue weighted by molar-refractivity contribution is 0.0952. The molecule has 2 aromatic carbocycles. The predicted octanol–water partition coefficient (Wildman–Crippen LogP) is 3.96. The minimum absolute atomic E-state index is 0. The van der Waals surface area contributed by atoms with Crippen LogP contribution in [0, 0.1) is 0 Å². The first-order valence-electron chi connectivity index (χ1n) is 7.98. The van der Waals surface area contributed by atoms with E-state index in [1.165, 1.54) is 0 Å². The van der Waals surface area contributed by atoms with Crippen LogP contribution >= 0.6 is 24.8 Å². The highest BCUT2D eigenvalue weighted by molar-refractivity contribution is 6.15. The molecular weight excluding hydrogens is 357 g/mol. The maximum atomic E-state index is 12.6. The van der Waals surface area contributed by atoms with Crippen LogP contribution in [0.2, 0.25) is 0 Å². The molecule has 4 nitrogen and oxygen atoms in total. The molecule has 0 unspecified atom stereocenters. The monoisotopic (exact) mass is 379 g/mol. The molecule has 1 heterocycles. The Morgan fingerprint density at radius 1 is 1.12 bits per heavy atom. The molecule has 0 saturated heterocycles. The van der Waals surface area contributed by atoms with Crippen molar-refractivity contribution in [2.75, 3.05) is 13.1 Å². The zero-order valence-electron chi connectivity index (χ0n) is 14.3. The van der Waals surface area contributed by atoms with Gasteiger partial charge in [0.25, 0.3) is 5.91 Å². The van der Waals surface area contributed by atoms with Crippen LogP contribution < -0.4 is 10.6 Å². The number of hydrogen-bond donors (Lipinski definition) is 2. The van der Waals surface area contributed by atoms with Crippen LogP contribution in [0.5, 0.6) is 0 Å². The third kappa shape index (κ3) is 4.60. The number of nitrogens with zero attached hydrogens (tertiary/aromatic N) is 1. The van der Waals surface area contributed by atoms with Gasteiger partial charge in [-0.2, -0.15) is 0 Å². The molecule has 0 radical (unpaired) electrons. The number of amides is 1. The van der Waals surface area contributed by atoms with E-state index in [9.17, 15) is 4.79 Å². The van der Waals surface area contributed by atoms with Crippen molar-refractivity contribution in [3.8, 4) is 0 Å². The van der Waals surface area contributed by atoms with E-state index >= 15 is 0 Å². The van der Waals surface area contributed by atoms with E-state index in [1.807, 2.05) is 36.4 Å². The first-order chi connectivity index (χ1) is 11.2. The van der Waals surface area contributed by atoms with Crippen LogP contribution in [0.4, 0.5) is 0 Å². The summed E-state index contributed by atoms with van der Waals surface area (Å²) in [5.41, 5.74) is 1.38. The summed E-state index contributed by atoms with van der Waals surface area (Å²) in [4.78, 5) is 17.1. The molecule has 0 aliphatic rings. The summed E-state index contributed by atoms with van der Waals surface area (Å²) in [5.74, 6) is -0.0794. The van der Waals surface area contributed by atoms with Gasteiger partial charge in [0, 0.05) is 24.2 Å². The lowest BCUT2D eigenvalue weighted by atomic mass is 10.0. The molecule has 3 aromatic rings. The lowest BCUT2D eigenvalue weighted by Crippen LogP contribution is -2.38. The predicted molar refractivity (Wildman–Crippen MR) is 109 cm³/mol. The molecule has 25 heavy (non-hydrogen) atoms. The Morgan fingerprint density at radius 2 is 1.84 bits per heavy atom. The van der Waals surface area contributed by atoms with E-state index in [0.717, 1.165) is 28.2 Å². The molecule has 0 aliphatic carbocycles. The second-order valence-electron chi connectivity index (χ2n) is 5.71. The molecule has 0 aliphatic heterocycles. The van der Waals surface area contributed by atoms with Gasteiger partial charge in [-0.25, -0.2) is 0 Å². The Bertz CT molecular complexity index is 854. The fourth-order valence-electron chi connectivity index (χ4n) is 2.86. The van der Waals surface area contributed by atoms with Crippen molar-refractivity contribution >= 4 is 52.4 Å². The number of pyridine rings is 1. The fraction of sp³-hybridized carbons (Fsp3) is 0.263. The average Bonchev–Trinajstić information content (AvgIpc) is 2.59. The van der Waals surface area contributed by atoms with Crippen molar-refractivity contribution in [2.45, 2.75) is 19.9 Å². The Balaban J connectivity index is 0.00000156. The molecule has 0 fully saturated rings. The maximum absolute atomic E-state index is 12.6. The summed E-state index contributed by atoms with van der Waals surface area (Å²) < 4.78 is 0. The van der Waals surface area contributed by atoms with Crippen molar-refractivity contribution in [1.29, 1.82) is 0 Å². The number of fused-ring (bicyclic) bond motifs is 3. The Labute approximate surface area is 160 Å². The Morgan fingerprint density at radius 3 is 2.60 bits per heavy atom. The van der Waals surface area contributed by atoms with Crippen LogP contribution in [0.15, 0.2) is 48.7 Å². The van der Waals surface area contributed by atoms with E-state index < -0.39 is 0 Å². The summed E-state index contributed by atoms with van der Waals surface area (Å²) in [7, 11) is 0. The third-order valence-corrected chi connectivity index (χ3v) is 3.98. The third-order valence-electron chi connectivity index (χ3n) is 3.98. The first-order valence-corrected chi connectivity index (χ1v) is 7.98. The summed E-state index contributed by atoms with van der Waals surface area (Å²) in [5, 5.41) is 9.47. The van der Waals surface area contributed by atoms with Gasteiger partial charge in [-0.3, -0.25) is 9.78 Å². The van der Waals surface area contributed by atoms with Gasteiger partial charge in [-0.1, -0.05) is 37.3 Å². The summed E-state index contributed by atoms with van der Waals surface area (Å²) >= 11 is 0. The second-order valence-corrected chi connectivity index (χ2v) is 5.71. The van der Waals surface area contributed by atoms with Crippen molar-refractivity contribution < 1.29 is 4.79 Å². The zero-order chi connectivity index (χ0) is 16.2. The first kappa shape index (κ1) is 21.2. The molecular formula is C19H23Cl2N3O. The number of rotatable bonds is 5. The quantitative estimate of drug-likeness (QED) is 0.659. The van der Waals surface area contributed by atoms with Crippen molar-refractivity contribution in [3.05, 3.63) is 54.2 Å². The normalized spacial score (nSPS) is 11.4. The van der Waals surface area contributed by atoms with Gasteiger partial charge in [0.05, 0.1) is 11.1 Å². The average molecular weight is 380 g/mol. The lowest BCUT2D eigenvalue weighted by Gasteiger charge is -2.14. The number of carbonyl (C=O) groups is 1. The highest BCUT2D eigenvalue weighted by atomic mass is 35.5. The molecule has 1 aromatic heterocycles. The van der Waals surface area contributed by atoms with E-state index in [2.05, 4.69) is 35.5 Å². The fourth-order valence-corrected chi connectivity index (χ4v) is 2.86. The maximum Gasteiger partial charge on any atom is 0.253 e. The second kappa shape index (κ2) is 9.56. The number of hydrogen-bond acceptors (Lipinski definition) is 3. The summed E-state index contributed by atoms with van der Waals surface area (Å²) in [6.45, 7) is 5.59. The molecule has 0 saturated carbocycles. The number of halogens is 2. The topological polar surface area (TPSA) is 54.0 Å². The van der Waals surface area contributed by atoms with Crippen molar-refractivity contribution in [3.63, 3.8) is 0 Å². The van der Waals surface area contributed by atoms with Crippen molar-refractivity contribution in [1.82, 2.24) is 15.6 Å². The van der Waals surface area contributed by atoms with Gasteiger partial charge in [0.15, 0.2) is 0 Å². The number of likely N-dealkylation sites (N-methyl/N-ethyl adjacent to an activating group) is 1. The van der Waals surface area contributed by atoms with Crippen LogP contribution in [0.3, 0.4) is 0 Å². The number of carbonyl (C=O) groups excluding carboxylic acids is 1. The molecule has 0 spiro atoms. The highest BCUT2D eigenvalue weighted by Crippen LogP contribution is 2.27. The minimum Gasteiger partial charge on any atom is -0.350 e. The van der Waals surface area contributed by atoms with Crippen LogP contribution in [0.25, 0.3) is 21.7 Å². The molecule has 0 bridgehead atoms. The van der Waals surface area contributed by atoms with Crippen molar-refractivity contribution in [2.24, 2.45) is 0 Å². The van der Waals surface area contributed by atoms with Gasteiger partial charge in [-0.05, 0) is 36.4 Å². The Hall–Kier alpha value is -1.88. The molecule has 2 N–H and O–H groups in total. The van der Waals surface area contributed by atoms with E-state index in [0.29, 0.717) is 12.1 Å². The molecule has 1 atom stereocenters. The van der Waals surface area contributed by atoms with Gasteiger partial charge in [0.2, 0.25) is 0 Å². The van der Waals surface area contributed by atoms with Crippen LogP contribution in [-0.2, 0) is 0 Å². The SMILES string of the molecule is CCN[C@H](C)CNC(=O)c1cc2ccccc2c2cccnc12.Cl.Cl. The molecule has 134 valence electrons. The van der Waals surface area contributed by atoms with Gasteiger partial charge in [-0.15, -0.1) is 24.8 Å². The molecule has 3 rings (SSSR count). The smallest absolute Gasteiger partial charge is 0.253 e. The Kier molecular flexibility index (Phi) is 8.10. The minimum atomic E-state index is -0.0794. The zero-order valence-corrected chi connectivity index (χ0v) is 15.9. The summed E-state index contributed by atoms with van der Waals surface area (Å²) in [6.07, 6.45) is 1.73. The molecule has 1 amide bonds. The number of nitrogens with one attached hydrogen (secondary N) is 2. The number of benzene rings is 2. The number of aromatic nitrogens is 1. The summed E-state index contributed by atoms with van der Waals surface area (Å²) in [6, 6.07) is 14.2. The molecule has 6 heteroatoms. The van der Waals surface area contributed by atoms with Gasteiger partial charge < -0.3 is 10.6 Å². The van der Waals surface area contributed by atoms with E-state index in [-0.39, 0.29) is 36.8 Å². The van der Waals surface area contributed by atoms with Gasteiger partial charge >= 0.3 is 0 Å². The van der Waals surface area contributed by atoms with Gasteiger partial charge in [0.1, 0.15) is 0 Å². The van der Waals surface area contributed by atoms with Crippen LogP contribution in [-0.4, -0.2) is 30.0 Å². The standard InChI is InChI=1S/C19H21N3O.2ClH/c1-3-20-13(2)12-22-19(23)17-11-14-7-4-5-8-15(14)16-9-6-10-21-18(16)17;;/h4-11,13,20H,3,12H2,1-2H3,(H,22,23);2*1H/t13-;;/m1../s1. The van der Waals surface area contributed by atoms with E-state index in [1.54, 1.807) is 6.20 Å².